The number of amides is 1. The lowest BCUT2D eigenvalue weighted by Gasteiger charge is -2.18. The van der Waals surface area contributed by atoms with Gasteiger partial charge in [-0.05, 0) is 42.3 Å². The number of rotatable bonds is 5. The highest BCUT2D eigenvalue weighted by molar-refractivity contribution is 6.31. The highest BCUT2D eigenvalue weighted by Gasteiger charge is 2.24. The first-order valence-electron chi connectivity index (χ1n) is 8.09. The number of hydrogen-bond acceptors (Lipinski definition) is 5. The van der Waals surface area contributed by atoms with Crippen LogP contribution in [0.2, 0.25) is 5.02 Å². The van der Waals surface area contributed by atoms with Crippen LogP contribution in [-0.4, -0.2) is 23.5 Å². The van der Waals surface area contributed by atoms with Gasteiger partial charge in [0.25, 0.3) is 5.91 Å². The molecular formula is C19H17ClN2O4. The zero-order valence-electron chi connectivity index (χ0n) is 14.4. The molecule has 0 radical (unpaired) electrons. The normalized spacial score (nSPS) is 10.7. The number of carbonyl (C=O) groups is 2. The second kappa shape index (κ2) is 7.58. The third-order valence-electron chi connectivity index (χ3n) is 3.78. The maximum Gasteiger partial charge on any atom is 0.310 e. The molecule has 0 atom stereocenters. The predicted molar refractivity (Wildman–Crippen MR) is 98.6 cm³/mol. The SMILES string of the molecule is CCc1ccc(N(C(=O)COC(C)=O)c2nc3cc(Cl)ccc3o2)cc1. The first-order chi connectivity index (χ1) is 12.5. The quantitative estimate of drug-likeness (QED) is 0.625. The Balaban J connectivity index is 2.02. The fourth-order valence-electron chi connectivity index (χ4n) is 2.45. The van der Waals surface area contributed by atoms with Crippen molar-refractivity contribution >= 4 is 46.3 Å². The van der Waals surface area contributed by atoms with E-state index < -0.39 is 18.5 Å². The third-order valence-corrected chi connectivity index (χ3v) is 4.02. The van der Waals surface area contributed by atoms with E-state index in [4.69, 9.17) is 20.8 Å². The molecule has 0 fully saturated rings. The number of hydrogen-bond donors (Lipinski definition) is 0. The van der Waals surface area contributed by atoms with Gasteiger partial charge >= 0.3 is 12.0 Å². The molecule has 0 aliphatic carbocycles. The smallest absolute Gasteiger partial charge is 0.310 e. The van der Waals surface area contributed by atoms with E-state index in [1.165, 1.54) is 11.8 Å². The molecule has 0 spiro atoms. The van der Waals surface area contributed by atoms with Crippen molar-refractivity contribution in [2.75, 3.05) is 11.5 Å². The number of esters is 1. The van der Waals surface area contributed by atoms with Gasteiger partial charge in [0.1, 0.15) is 5.52 Å². The van der Waals surface area contributed by atoms with Crippen LogP contribution in [-0.2, 0) is 20.7 Å². The Morgan fingerprint density at radius 2 is 1.92 bits per heavy atom. The summed E-state index contributed by atoms with van der Waals surface area (Å²) < 4.78 is 10.6. The number of ether oxygens (including phenoxy) is 1. The van der Waals surface area contributed by atoms with Gasteiger partial charge < -0.3 is 9.15 Å². The average Bonchev–Trinajstić information content (AvgIpc) is 3.03. The summed E-state index contributed by atoms with van der Waals surface area (Å²) in [6, 6.07) is 12.5. The summed E-state index contributed by atoms with van der Waals surface area (Å²) in [5, 5.41) is 0.516. The minimum Gasteiger partial charge on any atom is -0.456 e. The second-order valence-corrected chi connectivity index (χ2v) is 6.07. The van der Waals surface area contributed by atoms with Crippen LogP contribution in [0, 0.1) is 0 Å². The number of halogens is 1. The van der Waals surface area contributed by atoms with Crippen LogP contribution < -0.4 is 4.90 Å². The average molecular weight is 373 g/mol. The van der Waals surface area contributed by atoms with E-state index in [1.807, 2.05) is 19.1 Å². The van der Waals surface area contributed by atoms with E-state index in [9.17, 15) is 9.59 Å². The predicted octanol–water partition coefficient (Wildman–Crippen LogP) is 4.27. The summed E-state index contributed by atoms with van der Waals surface area (Å²) in [4.78, 5) is 29.4. The van der Waals surface area contributed by atoms with Crippen molar-refractivity contribution in [2.24, 2.45) is 0 Å². The van der Waals surface area contributed by atoms with Gasteiger partial charge in [0.05, 0.1) is 5.69 Å². The molecule has 3 rings (SSSR count). The molecule has 0 aliphatic heterocycles. The zero-order valence-corrected chi connectivity index (χ0v) is 15.1. The van der Waals surface area contributed by atoms with Crippen molar-refractivity contribution in [3.05, 3.63) is 53.1 Å². The number of nitrogens with zero attached hydrogens (tertiary/aromatic N) is 2. The summed E-state index contributed by atoms with van der Waals surface area (Å²) in [6.07, 6.45) is 0.878. The zero-order chi connectivity index (χ0) is 18.7. The van der Waals surface area contributed by atoms with Crippen LogP contribution in [0.1, 0.15) is 19.4 Å². The first-order valence-corrected chi connectivity index (χ1v) is 8.47. The number of aromatic nitrogens is 1. The minimum absolute atomic E-state index is 0.0867. The maximum absolute atomic E-state index is 12.7. The van der Waals surface area contributed by atoms with Crippen LogP contribution in [0.4, 0.5) is 11.7 Å². The molecule has 1 aromatic heterocycles. The molecule has 7 heteroatoms. The summed E-state index contributed by atoms with van der Waals surface area (Å²) in [7, 11) is 0. The molecular weight excluding hydrogens is 356 g/mol. The molecule has 0 aliphatic rings. The second-order valence-electron chi connectivity index (χ2n) is 5.64. The van der Waals surface area contributed by atoms with Gasteiger partial charge in [0.2, 0.25) is 0 Å². The van der Waals surface area contributed by atoms with Crippen molar-refractivity contribution in [3.8, 4) is 0 Å². The topological polar surface area (TPSA) is 72.6 Å². The molecule has 26 heavy (non-hydrogen) atoms. The van der Waals surface area contributed by atoms with E-state index in [1.54, 1.807) is 30.3 Å². The molecule has 0 unspecified atom stereocenters. The van der Waals surface area contributed by atoms with Gasteiger partial charge in [0.15, 0.2) is 12.2 Å². The monoisotopic (exact) mass is 372 g/mol. The first kappa shape index (κ1) is 17.9. The highest BCUT2D eigenvalue weighted by Crippen LogP contribution is 2.30. The molecule has 0 N–H and O–H groups in total. The molecule has 6 nitrogen and oxygen atoms in total. The molecule has 1 amide bonds. The summed E-state index contributed by atoms with van der Waals surface area (Å²) >= 11 is 5.99. The summed E-state index contributed by atoms with van der Waals surface area (Å²) in [6.45, 7) is 2.88. The fourth-order valence-corrected chi connectivity index (χ4v) is 2.62. The Bertz CT molecular complexity index is 950. The van der Waals surface area contributed by atoms with Crippen molar-refractivity contribution in [1.82, 2.24) is 4.98 Å². The molecule has 134 valence electrons. The fraction of sp³-hybridized carbons (Fsp3) is 0.211. The lowest BCUT2D eigenvalue weighted by atomic mass is 10.1. The van der Waals surface area contributed by atoms with Crippen molar-refractivity contribution in [3.63, 3.8) is 0 Å². The van der Waals surface area contributed by atoms with Crippen molar-refractivity contribution in [1.29, 1.82) is 0 Å². The maximum atomic E-state index is 12.7. The lowest BCUT2D eigenvalue weighted by Crippen LogP contribution is -2.30. The van der Waals surface area contributed by atoms with E-state index in [0.717, 1.165) is 12.0 Å². The minimum atomic E-state index is -0.538. The van der Waals surface area contributed by atoms with Crippen LogP contribution in [0.3, 0.4) is 0 Å². The molecule has 0 saturated heterocycles. The van der Waals surface area contributed by atoms with Crippen LogP contribution in [0.5, 0.6) is 0 Å². The van der Waals surface area contributed by atoms with E-state index >= 15 is 0 Å². The Morgan fingerprint density at radius 1 is 1.19 bits per heavy atom. The van der Waals surface area contributed by atoms with Gasteiger partial charge in [-0.25, -0.2) is 4.90 Å². The Kier molecular flexibility index (Phi) is 5.23. The Hall–Kier alpha value is -2.86. The van der Waals surface area contributed by atoms with E-state index in [-0.39, 0.29) is 6.01 Å². The third kappa shape index (κ3) is 3.86. The molecule has 0 saturated carbocycles. The standard InChI is InChI=1S/C19H17ClN2O4/c1-3-13-4-7-15(8-5-13)22(18(24)11-25-12(2)23)19-21-16-10-14(20)6-9-17(16)26-19/h4-10H,3,11H2,1-2H3. The van der Waals surface area contributed by atoms with Gasteiger partial charge in [0, 0.05) is 11.9 Å². The van der Waals surface area contributed by atoms with E-state index in [0.29, 0.717) is 21.8 Å². The number of aryl methyl sites for hydroxylation is 1. The van der Waals surface area contributed by atoms with Crippen LogP contribution in [0.15, 0.2) is 46.9 Å². The van der Waals surface area contributed by atoms with Crippen molar-refractivity contribution in [2.45, 2.75) is 20.3 Å². The number of carbonyl (C=O) groups excluding carboxylic acids is 2. The highest BCUT2D eigenvalue weighted by atomic mass is 35.5. The molecule has 3 aromatic rings. The van der Waals surface area contributed by atoms with Gasteiger partial charge in [-0.2, -0.15) is 4.98 Å². The van der Waals surface area contributed by atoms with Crippen LogP contribution >= 0.6 is 11.6 Å². The number of oxazole rings is 1. The summed E-state index contributed by atoms with van der Waals surface area (Å²) in [5.74, 6) is -1.01. The number of anilines is 2. The van der Waals surface area contributed by atoms with E-state index in [2.05, 4.69) is 4.98 Å². The van der Waals surface area contributed by atoms with Gasteiger partial charge in [-0.15, -0.1) is 0 Å². The largest absolute Gasteiger partial charge is 0.456 e. The number of benzene rings is 2. The summed E-state index contributed by atoms with van der Waals surface area (Å²) in [5.41, 5.74) is 2.73. The van der Waals surface area contributed by atoms with Gasteiger partial charge in [-0.3, -0.25) is 9.59 Å². The van der Waals surface area contributed by atoms with Crippen molar-refractivity contribution < 1.29 is 18.7 Å². The molecule has 1 heterocycles. The van der Waals surface area contributed by atoms with Gasteiger partial charge in [-0.1, -0.05) is 30.7 Å². The number of fused-ring (bicyclic) bond motifs is 1. The Morgan fingerprint density at radius 3 is 2.58 bits per heavy atom. The molecule has 0 bridgehead atoms. The van der Waals surface area contributed by atoms with Crippen LogP contribution in [0.25, 0.3) is 11.1 Å². The lowest BCUT2D eigenvalue weighted by molar-refractivity contribution is -0.145. The Labute approximate surface area is 155 Å². The molecule has 2 aromatic carbocycles.